The van der Waals surface area contributed by atoms with Crippen molar-refractivity contribution in [3.8, 4) is 0 Å². The predicted molar refractivity (Wildman–Crippen MR) is 110 cm³/mol. The summed E-state index contributed by atoms with van der Waals surface area (Å²) in [6.45, 7) is 5.59. The quantitative estimate of drug-likeness (QED) is 0.359. The van der Waals surface area contributed by atoms with Gasteiger partial charge in [-0.2, -0.15) is 0 Å². The molecule has 3 heterocycles. The van der Waals surface area contributed by atoms with Gasteiger partial charge in [0.15, 0.2) is 5.70 Å². The number of hydrogen-bond donors (Lipinski definition) is 2. The van der Waals surface area contributed by atoms with E-state index in [0.29, 0.717) is 5.25 Å². The van der Waals surface area contributed by atoms with Crippen molar-refractivity contribution in [1.29, 1.82) is 0 Å². The fourth-order valence-corrected chi connectivity index (χ4v) is 12.2. The van der Waals surface area contributed by atoms with E-state index in [9.17, 15) is 19.8 Å². The molecule has 0 bridgehead atoms. The molecule has 3 aliphatic heterocycles. The molecule has 1 amide bonds. The maximum Gasteiger partial charge on any atom is 0.354 e. The standard InChI is InChI=1S/C18H29NO4S2Si/c1-4-5-6-8-26-9-7-12(10-26)24-15-13(14(21)22)19-16(23)18(3,11(2)20)17(19)25-15/h11-12,17,20,26H,4-10H2,1-3H3,(H,21,22)/t11-,12+,17-,18+,26?/m1/s1. The Balaban J connectivity index is 1.67. The zero-order valence-corrected chi connectivity index (χ0v) is 18.5. The first-order valence-electron chi connectivity index (χ1n) is 9.63. The second-order valence-corrected chi connectivity index (χ2v) is 14.0. The van der Waals surface area contributed by atoms with Crippen molar-refractivity contribution >= 4 is 44.2 Å². The van der Waals surface area contributed by atoms with E-state index in [1.165, 1.54) is 60.5 Å². The Kier molecular flexibility index (Phi) is 6.16. The molecule has 2 fully saturated rings. The maximum atomic E-state index is 12.6. The van der Waals surface area contributed by atoms with E-state index in [1.54, 1.807) is 25.6 Å². The van der Waals surface area contributed by atoms with Crippen molar-refractivity contribution in [1.82, 2.24) is 4.90 Å². The van der Waals surface area contributed by atoms with E-state index >= 15 is 0 Å². The van der Waals surface area contributed by atoms with E-state index in [-0.39, 0.29) is 17.0 Å². The van der Waals surface area contributed by atoms with Crippen LogP contribution < -0.4 is 0 Å². The number of carboxylic acids is 1. The van der Waals surface area contributed by atoms with Gasteiger partial charge in [0.05, 0.1) is 10.3 Å². The number of carbonyl (C=O) groups is 2. The first kappa shape index (κ1) is 20.3. The number of aliphatic carboxylic acids is 1. The van der Waals surface area contributed by atoms with Crippen molar-refractivity contribution in [2.45, 2.75) is 81.3 Å². The summed E-state index contributed by atoms with van der Waals surface area (Å²) < 4.78 is 0.772. The number of hydrogen-bond acceptors (Lipinski definition) is 5. The Morgan fingerprint density at radius 2 is 2.23 bits per heavy atom. The molecule has 2 N–H and O–H groups in total. The minimum absolute atomic E-state index is 0.143. The molecule has 0 aromatic rings. The summed E-state index contributed by atoms with van der Waals surface area (Å²) in [6.07, 6.45) is 4.32. The van der Waals surface area contributed by atoms with E-state index < -0.39 is 26.3 Å². The summed E-state index contributed by atoms with van der Waals surface area (Å²) in [6, 6.07) is 4.05. The van der Waals surface area contributed by atoms with Crippen molar-refractivity contribution in [2.24, 2.45) is 5.41 Å². The number of amides is 1. The van der Waals surface area contributed by atoms with E-state index in [4.69, 9.17) is 0 Å². The van der Waals surface area contributed by atoms with Gasteiger partial charge >= 0.3 is 5.97 Å². The van der Waals surface area contributed by atoms with Crippen LogP contribution in [0.25, 0.3) is 0 Å². The number of β-lactam (4-membered cyclic amide) rings is 1. The molecule has 8 heteroatoms. The van der Waals surface area contributed by atoms with Gasteiger partial charge in [-0.25, -0.2) is 4.79 Å². The molecule has 0 spiro atoms. The van der Waals surface area contributed by atoms with Crippen LogP contribution in [0.2, 0.25) is 18.1 Å². The van der Waals surface area contributed by atoms with Gasteiger partial charge in [0, 0.05) is 14.0 Å². The van der Waals surface area contributed by atoms with Gasteiger partial charge in [-0.05, 0) is 26.3 Å². The minimum atomic E-state index is -1.03. The first-order chi connectivity index (χ1) is 12.3. The molecule has 3 aliphatic rings. The summed E-state index contributed by atoms with van der Waals surface area (Å²) in [5.74, 6) is -1.30. The fraction of sp³-hybridized carbons (Fsp3) is 0.778. The van der Waals surface area contributed by atoms with Gasteiger partial charge in [0.25, 0.3) is 0 Å². The Hall–Kier alpha value is -0.443. The molecule has 2 saturated heterocycles. The highest BCUT2D eigenvalue weighted by Gasteiger charge is 2.66. The smallest absolute Gasteiger partial charge is 0.354 e. The van der Waals surface area contributed by atoms with Crippen molar-refractivity contribution < 1.29 is 19.8 Å². The van der Waals surface area contributed by atoms with E-state index in [2.05, 4.69) is 6.92 Å². The molecule has 146 valence electrons. The molecule has 0 radical (unpaired) electrons. The summed E-state index contributed by atoms with van der Waals surface area (Å²) in [5, 5.41) is 19.9. The van der Waals surface area contributed by atoms with Crippen LogP contribution in [0.5, 0.6) is 0 Å². The highest BCUT2D eigenvalue weighted by molar-refractivity contribution is 8.23. The van der Waals surface area contributed by atoms with Crippen LogP contribution >= 0.6 is 23.5 Å². The molecule has 1 unspecified atom stereocenters. The lowest BCUT2D eigenvalue weighted by Crippen LogP contribution is -2.68. The fourth-order valence-electron chi connectivity index (χ4n) is 4.21. The molecular weight excluding hydrogens is 386 g/mol. The van der Waals surface area contributed by atoms with Crippen molar-refractivity contribution in [3.63, 3.8) is 0 Å². The molecule has 3 rings (SSSR count). The maximum absolute atomic E-state index is 12.6. The summed E-state index contributed by atoms with van der Waals surface area (Å²) >= 11 is 3.14. The number of unbranched alkanes of at least 4 members (excludes halogenated alkanes) is 2. The number of thioether (sulfide) groups is 2. The third-order valence-corrected chi connectivity index (χ3v) is 13.2. The Labute approximate surface area is 165 Å². The lowest BCUT2D eigenvalue weighted by molar-refractivity contribution is -0.170. The largest absolute Gasteiger partial charge is 0.477 e. The second kappa shape index (κ2) is 7.89. The topological polar surface area (TPSA) is 77.8 Å². The second-order valence-electron chi connectivity index (χ2n) is 7.96. The summed E-state index contributed by atoms with van der Waals surface area (Å²) in [4.78, 5) is 25.8. The average Bonchev–Trinajstić information content (AvgIpc) is 3.17. The zero-order valence-electron chi connectivity index (χ0n) is 15.7. The monoisotopic (exact) mass is 415 g/mol. The van der Waals surface area contributed by atoms with Gasteiger partial charge < -0.3 is 10.2 Å². The van der Waals surface area contributed by atoms with Crippen LogP contribution in [-0.4, -0.2) is 52.5 Å². The normalized spacial score (nSPS) is 34.8. The minimum Gasteiger partial charge on any atom is -0.477 e. The van der Waals surface area contributed by atoms with Gasteiger partial charge in [0.2, 0.25) is 5.91 Å². The molecule has 0 aromatic heterocycles. The number of aliphatic hydroxyl groups is 1. The molecule has 26 heavy (non-hydrogen) atoms. The van der Waals surface area contributed by atoms with Crippen LogP contribution in [0.4, 0.5) is 0 Å². The highest BCUT2D eigenvalue weighted by atomic mass is 32.2. The Morgan fingerprint density at radius 1 is 1.50 bits per heavy atom. The van der Waals surface area contributed by atoms with Gasteiger partial charge in [-0.3, -0.25) is 9.69 Å². The van der Waals surface area contributed by atoms with Gasteiger partial charge in [-0.15, -0.1) is 11.8 Å². The van der Waals surface area contributed by atoms with Crippen LogP contribution in [-0.2, 0) is 9.59 Å². The van der Waals surface area contributed by atoms with Crippen LogP contribution in [0, 0.1) is 5.41 Å². The number of rotatable bonds is 8. The Morgan fingerprint density at radius 3 is 2.85 bits per heavy atom. The first-order valence-corrected chi connectivity index (χ1v) is 13.8. The summed E-state index contributed by atoms with van der Waals surface area (Å²) in [5.41, 5.74) is -0.745. The number of carboxylic acid groups (broad SMARTS) is 1. The summed E-state index contributed by atoms with van der Waals surface area (Å²) in [7, 11) is -0.667. The molecule has 0 aliphatic carbocycles. The number of fused-ring (bicyclic) bond motifs is 1. The molecule has 5 atom stereocenters. The molecule has 5 nitrogen and oxygen atoms in total. The molecule has 0 saturated carbocycles. The molecule has 0 aromatic carbocycles. The van der Waals surface area contributed by atoms with E-state index in [1.807, 2.05) is 0 Å². The van der Waals surface area contributed by atoms with E-state index in [0.717, 1.165) is 4.24 Å². The highest BCUT2D eigenvalue weighted by Crippen LogP contribution is 2.60. The van der Waals surface area contributed by atoms with Gasteiger partial charge in [-0.1, -0.05) is 50.0 Å². The molecular formula is C18H29NO4S2Si. The van der Waals surface area contributed by atoms with Crippen molar-refractivity contribution in [3.05, 3.63) is 9.93 Å². The number of nitrogens with zero attached hydrogens (tertiary/aromatic N) is 1. The Bertz CT molecular complexity index is 626. The average molecular weight is 416 g/mol. The van der Waals surface area contributed by atoms with Crippen LogP contribution in [0.3, 0.4) is 0 Å². The van der Waals surface area contributed by atoms with Gasteiger partial charge in [0.1, 0.15) is 10.8 Å². The van der Waals surface area contributed by atoms with Crippen molar-refractivity contribution in [2.75, 3.05) is 0 Å². The van der Waals surface area contributed by atoms with Crippen LogP contribution in [0.1, 0.15) is 46.5 Å². The van der Waals surface area contributed by atoms with Crippen LogP contribution in [0.15, 0.2) is 9.93 Å². The third-order valence-electron chi connectivity index (χ3n) is 6.13. The zero-order chi connectivity index (χ0) is 19.1. The predicted octanol–water partition coefficient (Wildman–Crippen LogP) is 3.47. The number of carbonyl (C=O) groups excluding carboxylic acids is 1. The third kappa shape index (κ3) is 3.38. The SMILES string of the molecule is CCCCC[SiH]1CC[C@H](SC2=C(C(=O)O)N3C(=O)[C@](C)([C@@H](C)O)[C@H]3S2)C1. The lowest BCUT2D eigenvalue weighted by atomic mass is 9.75. The lowest BCUT2D eigenvalue weighted by Gasteiger charge is -2.51. The number of aliphatic hydroxyl groups excluding tert-OH is 1.